The lowest BCUT2D eigenvalue weighted by atomic mass is 10.4. The van der Waals surface area contributed by atoms with E-state index in [1.807, 2.05) is 0 Å². The Labute approximate surface area is 114 Å². The topological polar surface area (TPSA) is 30.9 Å². The third kappa shape index (κ3) is 10.0. The second kappa shape index (κ2) is 10.9. The molecule has 18 heavy (non-hydrogen) atoms. The summed E-state index contributed by atoms with van der Waals surface area (Å²) in [6.07, 6.45) is 1.20. The lowest BCUT2D eigenvalue weighted by Gasteiger charge is -2.25. The van der Waals surface area contributed by atoms with Gasteiger partial charge in [-0.15, -0.1) is 0 Å². The van der Waals surface area contributed by atoms with E-state index in [-0.39, 0.29) is 0 Å². The zero-order valence-electron chi connectivity index (χ0n) is 12.8. The van der Waals surface area contributed by atoms with Crippen molar-refractivity contribution < 1.29 is 13.9 Å². The van der Waals surface area contributed by atoms with E-state index in [4.69, 9.17) is 13.9 Å². The number of rotatable bonds is 12. The highest BCUT2D eigenvalue weighted by atomic mass is 28.4. The summed E-state index contributed by atoms with van der Waals surface area (Å²) < 4.78 is 16.1. The van der Waals surface area contributed by atoms with Gasteiger partial charge in [0, 0.05) is 33.9 Å². The molecule has 0 aliphatic heterocycles. The van der Waals surface area contributed by atoms with Gasteiger partial charge in [0.25, 0.3) is 0 Å². The van der Waals surface area contributed by atoms with Crippen molar-refractivity contribution in [1.82, 2.24) is 4.90 Å². The molecule has 0 rings (SSSR count). The van der Waals surface area contributed by atoms with Crippen LogP contribution in [0.25, 0.3) is 0 Å². The zero-order chi connectivity index (χ0) is 13.9. The smallest absolute Gasteiger partial charge is 0.186 e. The van der Waals surface area contributed by atoms with Crippen molar-refractivity contribution >= 4 is 8.32 Å². The van der Waals surface area contributed by atoms with Gasteiger partial charge in [0.2, 0.25) is 0 Å². The molecule has 0 saturated carbocycles. The lowest BCUT2D eigenvalue weighted by molar-refractivity contribution is 0.114. The first kappa shape index (κ1) is 18.1. The predicted octanol–water partition coefficient (Wildman–Crippen LogP) is 2.21. The van der Waals surface area contributed by atoms with E-state index in [1.54, 1.807) is 14.2 Å². The van der Waals surface area contributed by atoms with Crippen molar-refractivity contribution in [2.75, 3.05) is 53.7 Å². The maximum Gasteiger partial charge on any atom is 0.186 e. The molecular formula is C13H31NO3Si. The second-order valence-electron chi connectivity index (χ2n) is 5.12. The molecule has 5 heteroatoms. The quantitative estimate of drug-likeness (QED) is 0.512. The second-order valence-corrected chi connectivity index (χ2v) is 9.43. The minimum Gasteiger partial charge on any atom is -0.418 e. The molecule has 0 aliphatic rings. The first-order valence-electron chi connectivity index (χ1n) is 6.90. The van der Waals surface area contributed by atoms with Crippen LogP contribution in [-0.2, 0) is 13.9 Å². The number of hydrogen-bond donors (Lipinski definition) is 0. The summed E-state index contributed by atoms with van der Waals surface area (Å²) in [5, 5.41) is 0. The van der Waals surface area contributed by atoms with Crippen LogP contribution in [0.3, 0.4) is 0 Å². The van der Waals surface area contributed by atoms with Crippen LogP contribution in [0.1, 0.15) is 13.3 Å². The average molecular weight is 277 g/mol. The van der Waals surface area contributed by atoms with Crippen LogP contribution in [0.15, 0.2) is 0 Å². The Morgan fingerprint density at radius 2 is 1.50 bits per heavy atom. The normalized spacial score (nSPS) is 12.3. The highest BCUT2D eigenvalue weighted by Crippen LogP contribution is 2.13. The molecule has 4 nitrogen and oxygen atoms in total. The maximum atomic E-state index is 5.84. The highest BCUT2D eigenvalue weighted by Gasteiger charge is 2.21. The van der Waals surface area contributed by atoms with Crippen LogP contribution in [0.5, 0.6) is 0 Å². The first-order valence-corrected chi connectivity index (χ1v) is 10.0. The van der Waals surface area contributed by atoms with Crippen LogP contribution in [0.4, 0.5) is 0 Å². The Kier molecular flexibility index (Phi) is 11.0. The molecule has 0 aromatic carbocycles. The summed E-state index contributed by atoms with van der Waals surface area (Å²) >= 11 is 0. The Morgan fingerprint density at radius 1 is 0.944 bits per heavy atom. The molecule has 0 fully saturated rings. The van der Waals surface area contributed by atoms with Crippen molar-refractivity contribution in [3.63, 3.8) is 0 Å². The van der Waals surface area contributed by atoms with Crippen LogP contribution < -0.4 is 0 Å². The first-order chi connectivity index (χ1) is 8.55. The molecule has 0 aromatic heterocycles. The van der Waals surface area contributed by atoms with Crippen molar-refractivity contribution in [2.24, 2.45) is 0 Å². The van der Waals surface area contributed by atoms with Gasteiger partial charge in [0.15, 0.2) is 8.32 Å². The molecular weight excluding hydrogens is 246 g/mol. The van der Waals surface area contributed by atoms with Gasteiger partial charge >= 0.3 is 0 Å². The molecule has 0 bridgehead atoms. The summed E-state index contributed by atoms with van der Waals surface area (Å²) in [4.78, 5) is 2.41. The number of hydrogen-bond acceptors (Lipinski definition) is 4. The molecule has 0 atom stereocenters. The minimum atomic E-state index is -1.42. The Balaban J connectivity index is 3.86. The largest absolute Gasteiger partial charge is 0.418 e. The molecule has 0 aromatic rings. The van der Waals surface area contributed by atoms with Crippen LogP contribution >= 0.6 is 0 Å². The predicted molar refractivity (Wildman–Crippen MR) is 78.7 cm³/mol. The van der Waals surface area contributed by atoms with Gasteiger partial charge < -0.3 is 13.9 Å². The van der Waals surface area contributed by atoms with E-state index in [9.17, 15) is 0 Å². The summed E-state index contributed by atoms with van der Waals surface area (Å²) in [6, 6.07) is 1.22. The number of methoxy groups -OCH3 is 2. The monoisotopic (exact) mass is 277 g/mol. The summed E-state index contributed by atoms with van der Waals surface area (Å²) in [6.45, 7) is 12.2. The van der Waals surface area contributed by atoms with E-state index in [0.717, 1.165) is 39.5 Å². The van der Waals surface area contributed by atoms with E-state index >= 15 is 0 Å². The van der Waals surface area contributed by atoms with Gasteiger partial charge in [-0.05, 0) is 39.0 Å². The SMILES string of the molecule is CCO[Si](C)(C)CCCN(CCOC)CCOC. The maximum absolute atomic E-state index is 5.84. The van der Waals surface area contributed by atoms with Crippen molar-refractivity contribution in [1.29, 1.82) is 0 Å². The Bertz CT molecular complexity index is 183. The fourth-order valence-electron chi connectivity index (χ4n) is 1.97. The number of ether oxygens (including phenoxy) is 2. The Morgan fingerprint density at radius 3 is 1.94 bits per heavy atom. The van der Waals surface area contributed by atoms with E-state index < -0.39 is 8.32 Å². The van der Waals surface area contributed by atoms with Gasteiger partial charge in [-0.25, -0.2) is 0 Å². The van der Waals surface area contributed by atoms with E-state index in [2.05, 4.69) is 24.9 Å². The van der Waals surface area contributed by atoms with Gasteiger partial charge in [-0.3, -0.25) is 4.90 Å². The van der Waals surface area contributed by atoms with Crippen LogP contribution in [-0.4, -0.2) is 66.9 Å². The van der Waals surface area contributed by atoms with Crippen LogP contribution in [0, 0.1) is 0 Å². The van der Waals surface area contributed by atoms with Crippen molar-refractivity contribution in [2.45, 2.75) is 32.5 Å². The van der Waals surface area contributed by atoms with Gasteiger partial charge in [0.05, 0.1) is 13.2 Å². The van der Waals surface area contributed by atoms with Crippen LogP contribution in [0.2, 0.25) is 19.1 Å². The summed E-state index contributed by atoms with van der Waals surface area (Å²) in [5.41, 5.74) is 0. The van der Waals surface area contributed by atoms with Gasteiger partial charge in [0.1, 0.15) is 0 Å². The minimum absolute atomic E-state index is 0.788. The summed E-state index contributed by atoms with van der Waals surface area (Å²) in [5.74, 6) is 0. The molecule has 0 radical (unpaired) electrons. The molecule has 0 amide bonds. The third-order valence-electron chi connectivity index (χ3n) is 3.01. The fraction of sp³-hybridized carbons (Fsp3) is 1.00. The van der Waals surface area contributed by atoms with Gasteiger partial charge in [-0.1, -0.05) is 0 Å². The molecule has 110 valence electrons. The lowest BCUT2D eigenvalue weighted by Crippen LogP contribution is -2.35. The molecule has 0 unspecified atom stereocenters. The standard InChI is InChI=1S/C13H31NO3Si/c1-6-17-18(4,5)13-7-8-14(9-11-15-2)10-12-16-3/h6-13H2,1-5H3. The van der Waals surface area contributed by atoms with E-state index in [1.165, 1.54) is 12.5 Å². The third-order valence-corrected chi connectivity index (χ3v) is 5.64. The number of nitrogens with zero attached hydrogens (tertiary/aromatic N) is 1. The molecule has 0 aliphatic carbocycles. The van der Waals surface area contributed by atoms with Crippen molar-refractivity contribution in [3.8, 4) is 0 Å². The summed E-state index contributed by atoms with van der Waals surface area (Å²) in [7, 11) is 2.08. The Hall–Kier alpha value is 0.0569. The fourth-order valence-corrected chi connectivity index (χ4v) is 3.90. The zero-order valence-corrected chi connectivity index (χ0v) is 13.8. The molecule has 0 heterocycles. The van der Waals surface area contributed by atoms with Gasteiger partial charge in [-0.2, -0.15) is 0 Å². The highest BCUT2D eigenvalue weighted by molar-refractivity contribution is 6.71. The van der Waals surface area contributed by atoms with Crippen molar-refractivity contribution in [3.05, 3.63) is 0 Å². The molecule has 0 spiro atoms. The molecule has 0 saturated heterocycles. The van der Waals surface area contributed by atoms with E-state index in [0.29, 0.717) is 0 Å². The average Bonchev–Trinajstić information content (AvgIpc) is 2.31. The molecule has 0 N–H and O–H groups in total.